The SMILES string of the molecule is CCCOCCC(CN)(C(=O)O)c1ccc(F)cc1. The maximum absolute atomic E-state index is 12.9. The van der Waals surface area contributed by atoms with Crippen LogP contribution in [0.1, 0.15) is 25.3 Å². The van der Waals surface area contributed by atoms with E-state index in [4.69, 9.17) is 10.5 Å². The average Bonchev–Trinajstić information content (AvgIpc) is 2.40. The molecule has 1 unspecified atom stereocenters. The molecule has 1 aromatic carbocycles. The molecule has 0 bridgehead atoms. The van der Waals surface area contributed by atoms with E-state index in [9.17, 15) is 14.3 Å². The summed E-state index contributed by atoms with van der Waals surface area (Å²) in [5.41, 5.74) is 4.95. The fourth-order valence-corrected chi connectivity index (χ4v) is 1.94. The zero-order valence-electron chi connectivity index (χ0n) is 11.1. The molecular formula is C14H20FNO3. The van der Waals surface area contributed by atoms with Crippen molar-refractivity contribution in [3.63, 3.8) is 0 Å². The van der Waals surface area contributed by atoms with Gasteiger partial charge in [0, 0.05) is 19.8 Å². The van der Waals surface area contributed by atoms with Crippen molar-refractivity contribution < 1.29 is 19.0 Å². The highest BCUT2D eigenvalue weighted by Gasteiger charge is 2.38. The number of ether oxygens (including phenoxy) is 1. The van der Waals surface area contributed by atoms with Gasteiger partial charge in [0.15, 0.2) is 0 Å². The molecule has 4 nitrogen and oxygen atoms in total. The third-order valence-electron chi connectivity index (χ3n) is 3.18. The normalized spacial score (nSPS) is 14.1. The van der Waals surface area contributed by atoms with Crippen LogP contribution in [0.2, 0.25) is 0 Å². The van der Waals surface area contributed by atoms with Crippen LogP contribution in [-0.4, -0.2) is 30.8 Å². The van der Waals surface area contributed by atoms with Gasteiger partial charge < -0.3 is 15.6 Å². The molecule has 0 amide bonds. The molecule has 106 valence electrons. The molecule has 0 aliphatic rings. The number of rotatable bonds is 8. The smallest absolute Gasteiger partial charge is 0.315 e. The Labute approximate surface area is 112 Å². The van der Waals surface area contributed by atoms with Gasteiger partial charge >= 0.3 is 5.97 Å². The van der Waals surface area contributed by atoms with Gasteiger partial charge in [-0.2, -0.15) is 0 Å². The third-order valence-corrected chi connectivity index (χ3v) is 3.18. The lowest BCUT2D eigenvalue weighted by atomic mass is 9.78. The predicted molar refractivity (Wildman–Crippen MR) is 70.5 cm³/mol. The number of benzene rings is 1. The summed E-state index contributed by atoms with van der Waals surface area (Å²) >= 11 is 0. The summed E-state index contributed by atoms with van der Waals surface area (Å²) in [6.07, 6.45) is 1.14. The number of carbonyl (C=O) groups is 1. The zero-order valence-corrected chi connectivity index (χ0v) is 11.1. The van der Waals surface area contributed by atoms with Crippen molar-refractivity contribution in [3.8, 4) is 0 Å². The van der Waals surface area contributed by atoms with Gasteiger partial charge in [-0.3, -0.25) is 4.79 Å². The Morgan fingerprint density at radius 3 is 2.47 bits per heavy atom. The number of hydrogen-bond donors (Lipinski definition) is 2. The van der Waals surface area contributed by atoms with E-state index in [1.54, 1.807) is 0 Å². The van der Waals surface area contributed by atoms with E-state index >= 15 is 0 Å². The first-order chi connectivity index (χ1) is 9.06. The highest BCUT2D eigenvalue weighted by molar-refractivity contribution is 5.81. The Morgan fingerprint density at radius 1 is 1.37 bits per heavy atom. The highest BCUT2D eigenvalue weighted by atomic mass is 19.1. The maximum Gasteiger partial charge on any atom is 0.315 e. The lowest BCUT2D eigenvalue weighted by Gasteiger charge is -2.28. The second kappa shape index (κ2) is 7.21. The number of hydrogen-bond acceptors (Lipinski definition) is 3. The minimum absolute atomic E-state index is 0.0521. The van der Waals surface area contributed by atoms with E-state index in [0.29, 0.717) is 18.8 Å². The molecule has 0 aliphatic carbocycles. The Kier molecular flexibility index (Phi) is 5.92. The van der Waals surface area contributed by atoms with Crippen LogP contribution in [0.4, 0.5) is 4.39 Å². The first-order valence-electron chi connectivity index (χ1n) is 6.34. The lowest BCUT2D eigenvalue weighted by Crippen LogP contribution is -2.44. The van der Waals surface area contributed by atoms with Crippen LogP contribution in [-0.2, 0) is 14.9 Å². The summed E-state index contributed by atoms with van der Waals surface area (Å²) in [6.45, 7) is 2.83. The topological polar surface area (TPSA) is 72.5 Å². The molecule has 0 saturated carbocycles. The molecule has 5 heteroatoms. The van der Waals surface area contributed by atoms with Crippen molar-refractivity contribution in [1.82, 2.24) is 0 Å². The largest absolute Gasteiger partial charge is 0.481 e. The van der Waals surface area contributed by atoms with Crippen molar-refractivity contribution in [3.05, 3.63) is 35.6 Å². The molecule has 0 aliphatic heterocycles. The average molecular weight is 269 g/mol. The zero-order chi connectivity index (χ0) is 14.3. The highest BCUT2D eigenvalue weighted by Crippen LogP contribution is 2.28. The van der Waals surface area contributed by atoms with Crippen LogP contribution in [0, 0.1) is 5.82 Å². The van der Waals surface area contributed by atoms with Crippen LogP contribution < -0.4 is 5.73 Å². The Bertz CT molecular complexity index is 408. The van der Waals surface area contributed by atoms with E-state index in [-0.39, 0.29) is 13.0 Å². The fourth-order valence-electron chi connectivity index (χ4n) is 1.94. The molecule has 0 heterocycles. The van der Waals surface area contributed by atoms with E-state index in [0.717, 1.165) is 6.42 Å². The lowest BCUT2D eigenvalue weighted by molar-refractivity contribution is -0.144. The maximum atomic E-state index is 12.9. The molecule has 0 spiro atoms. The summed E-state index contributed by atoms with van der Waals surface area (Å²) in [5.74, 6) is -1.41. The summed E-state index contributed by atoms with van der Waals surface area (Å²) in [6, 6.07) is 5.43. The van der Waals surface area contributed by atoms with Crippen molar-refractivity contribution in [2.75, 3.05) is 19.8 Å². The predicted octanol–water partition coefficient (Wildman–Crippen LogP) is 1.92. The van der Waals surface area contributed by atoms with E-state index in [2.05, 4.69) is 0 Å². The standard InChI is InChI=1S/C14H20FNO3/c1-2-8-19-9-7-14(10-16,13(17)18)11-3-5-12(15)6-4-11/h3-6H,2,7-10,16H2,1H3,(H,17,18). The number of carboxylic acids is 1. The molecule has 3 N–H and O–H groups in total. The van der Waals surface area contributed by atoms with Crippen molar-refractivity contribution in [2.24, 2.45) is 5.73 Å². The van der Waals surface area contributed by atoms with Gasteiger partial charge in [-0.25, -0.2) is 4.39 Å². The van der Waals surface area contributed by atoms with Crippen molar-refractivity contribution >= 4 is 5.97 Å². The second-order valence-corrected chi connectivity index (χ2v) is 4.46. The second-order valence-electron chi connectivity index (χ2n) is 4.46. The minimum Gasteiger partial charge on any atom is -0.481 e. The van der Waals surface area contributed by atoms with Crippen LogP contribution in [0.3, 0.4) is 0 Å². The molecule has 0 radical (unpaired) electrons. The van der Waals surface area contributed by atoms with Crippen LogP contribution in [0.25, 0.3) is 0 Å². The van der Waals surface area contributed by atoms with Crippen LogP contribution in [0.15, 0.2) is 24.3 Å². The van der Waals surface area contributed by atoms with Gasteiger partial charge in [0.2, 0.25) is 0 Å². The van der Waals surface area contributed by atoms with Gasteiger partial charge in [-0.15, -0.1) is 0 Å². The molecule has 19 heavy (non-hydrogen) atoms. The minimum atomic E-state index is -1.22. The van der Waals surface area contributed by atoms with Gasteiger partial charge in [0.1, 0.15) is 11.2 Å². The molecule has 0 fully saturated rings. The first-order valence-corrected chi connectivity index (χ1v) is 6.34. The number of halogens is 1. The van der Waals surface area contributed by atoms with Crippen LogP contribution in [0.5, 0.6) is 0 Å². The third kappa shape index (κ3) is 3.75. The molecule has 1 rings (SSSR count). The Morgan fingerprint density at radius 2 is 2.00 bits per heavy atom. The fraction of sp³-hybridized carbons (Fsp3) is 0.500. The van der Waals surface area contributed by atoms with Crippen molar-refractivity contribution in [2.45, 2.75) is 25.2 Å². The van der Waals surface area contributed by atoms with Gasteiger partial charge in [0.25, 0.3) is 0 Å². The molecule has 0 saturated heterocycles. The summed E-state index contributed by atoms with van der Waals surface area (Å²) in [4.78, 5) is 11.6. The number of carboxylic acid groups (broad SMARTS) is 1. The summed E-state index contributed by atoms with van der Waals surface area (Å²) in [5, 5.41) is 9.47. The Hall–Kier alpha value is -1.46. The molecule has 1 aromatic rings. The van der Waals surface area contributed by atoms with Crippen molar-refractivity contribution in [1.29, 1.82) is 0 Å². The molecule has 1 atom stereocenters. The first kappa shape index (κ1) is 15.6. The van der Waals surface area contributed by atoms with E-state index in [1.165, 1.54) is 24.3 Å². The van der Waals surface area contributed by atoms with Gasteiger partial charge in [0.05, 0.1) is 0 Å². The summed E-state index contributed by atoms with van der Waals surface area (Å²) < 4.78 is 18.3. The molecular weight excluding hydrogens is 249 g/mol. The molecule has 0 aromatic heterocycles. The monoisotopic (exact) mass is 269 g/mol. The number of nitrogens with two attached hydrogens (primary N) is 1. The van der Waals surface area contributed by atoms with E-state index < -0.39 is 17.2 Å². The van der Waals surface area contributed by atoms with Crippen LogP contribution >= 0.6 is 0 Å². The quantitative estimate of drug-likeness (QED) is 0.707. The van der Waals surface area contributed by atoms with Gasteiger partial charge in [-0.1, -0.05) is 19.1 Å². The van der Waals surface area contributed by atoms with E-state index in [1.807, 2.05) is 6.92 Å². The van der Waals surface area contributed by atoms with Gasteiger partial charge in [-0.05, 0) is 30.5 Å². The number of aliphatic carboxylic acids is 1. The Balaban J connectivity index is 2.91. The summed E-state index contributed by atoms with van der Waals surface area (Å²) in [7, 11) is 0.